The third kappa shape index (κ3) is 7.90. The van der Waals surface area contributed by atoms with Crippen LogP contribution >= 0.6 is 0 Å². The quantitative estimate of drug-likeness (QED) is 0.639. The van der Waals surface area contributed by atoms with Gasteiger partial charge in [0.05, 0.1) is 0 Å². The molecule has 0 spiro atoms. The third-order valence-corrected chi connectivity index (χ3v) is 3.75. The largest absolute Gasteiger partial charge is 0.481 e. The second-order valence-electron chi connectivity index (χ2n) is 5.58. The Morgan fingerprint density at radius 3 is 2.52 bits per heavy atom. The average molecular weight is 300 g/mol. The van der Waals surface area contributed by atoms with Gasteiger partial charge in [0.15, 0.2) is 0 Å². The van der Waals surface area contributed by atoms with Gasteiger partial charge in [-0.05, 0) is 31.6 Å². The fourth-order valence-corrected chi connectivity index (χ4v) is 2.42. The standard InChI is InChI=1S/C15H28N2O4/c1-2-3-10-21-11-4-7-16-15(20)17-8-5-13(6-9-17)12-14(18)19/h13H,2-12H2,1H3,(H,16,20)(H,18,19). The number of ether oxygens (including phenoxy) is 1. The van der Waals surface area contributed by atoms with Crippen LogP contribution < -0.4 is 5.32 Å². The number of unbranched alkanes of at least 4 members (excludes halogenated alkanes) is 1. The van der Waals surface area contributed by atoms with Gasteiger partial charge < -0.3 is 20.1 Å². The van der Waals surface area contributed by atoms with E-state index >= 15 is 0 Å². The van der Waals surface area contributed by atoms with Crippen molar-refractivity contribution in [3.8, 4) is 0 Å². The molecule has 0 bridgehead atoms. The molecule has 6 nitrogen and oxygen atoms in total. The molecule has 2 N–H and O–H groups in total. The summed E-state index contributed by atoms with van der Waals surface area (Å²) in [5.41, 5.74) is 0. The lowest BCUT2D eigenvalue weighted by Gasteiger charge is -2.31. The molecular formula is C15H28N2O4. The lowest BCUT2D eigenvalue weighted by molar-refractivity contribution is -0.138. The van der Waals surface area contributed by atoms with Crippen LogP contribution in [0.2, 0.25) is 0 Å². The number of piperidine rings is 1. The van der Waals surface area contributed by atoms with Crippen molar-refractivity contribution in [2.75, 3.05) is 32.8 Å². The minimum Gasteiger partial charge on any atom is -0.481 e. The van der Waals surface area contributed by atoms with Crippen LogP contribution in [0.15, 0.2) is 0 Å². The lowest BCUT2D eigenvalue weighted by Crippen LogP contribution is -2.45. The first-order chi connectivity index (χ1) is 10.1. The van der Waals surface area contributed by atoms with Gasteiger partial charge >= 0.3 is 12.0 Å². The minimum atomic E-state index is -0.749. The molecule has 0 aliphatic carbocycles. The zero-order valence-corrected chi connectivity index (χ0v) is 13.0. The highest BCUT2D eigenvalue weighted by Gasteiger charge is 2.23. The minimum absolute atomic E-state index is 0.0441. The molecular weight excluding hydrogens is 272 g/mol. The number of carboxylic acids is 1. The maximum atomic E-state index is 11.9. The second kappa shape index (κ2) is 10.4. The Labute approximate surface area is 126 Å². The molecule has 1 saturated heterocycles. The molecule has 0 aromatic carbocycles. The van der Waals surface area contributed by atoms with Gasteiger partial charge in [0.1, 0.15) is 0 Å². The summed E-state index contributed by atoms with van der Waals surface area (Å²) in [5, 5.41) is 11.6. The Hall–Kier alpha value is -1.30. The molecule has 0 aromatic rings. The maximum Gasteiger partial charge on any atom is 0.317 e. The van der Waals surface area contributed by atoms with Crippen molar-refractivity contribution in [2.45, 2.75) is 45.4 Å². The number of carbonyl (C=O) groups excluding carboxylic acids is 1. The van der Waals surface area contributed by atoms with Gasteiger partial charge in [-0.25, -0.2) is 4.79 Å². The molecule has 2 amide bonds. The van der Waals surface area contributed by atoms with Gasteiger partial charge in [0.25, 0.3) is 0 Å². The van der Waals surface area contributed by atoms with Gasteiger partial charge in [-0.2, -0.15) is 0 Å². The number of amides is 2. The molecule has 1 aliphatic heterocycles. The molecule has 1 rings (SSSR count). The second-order valence-corrected chi connectivity index (χ2v) is 5.58. The van der Waals surface area contributed by atoms with Gasteiger partial charge in [-0.3, -0.25) is 4.79 Å². The fourth-order valence-electron chi connectivity index (χ4n) is 2.42. The summed E-state index contributed by atoms with van der Waals surface area (Å²) in [4.78, 5) is 24.3. The summed E-state index contributed by atoms with van der Waals surface area (Å²) in [5.74, 6) is -0.542. The molecule has 1 heterocycles. The van der Waals surface area contributed by atoms with E-state index in [2.05, 4.69) is 12.2 Å². The van der Waals surface area contributed by atoms with E-state index in [4.69, 9.17) is 9.84 Å². The summed E-state index contributed by atoms with van der Waals surface area (Å²) in [7, 11) is 0. The lowest BCUT2D eigenvalue weighted by atomic mass is 9.94. The van der Waals surface area contributed by atoms with Crippen molar-refractivity contribution >= 4 is 12.0 Å². The number of hydrogen-bond donors (Lipinski definition) is 2. The summed E-state index contributed by atoms with van der Waals surface area (Å²) in [6, 6.07) is -0.0441. The monoisotopic (exact) mass is 300 g/mol. The van der Waals surface area contributed by atoms with Crippen LogP contribution in [0.25, 0.3) is 0 Å². The topological polar surface area (TPSA) is 78.9 Å². The Kier molecular flexibility index (Phi) is 8.82. The van der Waals surface area contributed by atoms with Crippen LogP contribution in [0.1, 0.15) is 45.4 Å². The van der Waals surface area contributed by atoms with Crippen molar-refractivity contribution in [1.82, 2.24) is 10.2 Å². The van der Waals surface area contributed by atoms with Crippen LogP contribution in [0.4, 0.5) is 4.79 Å². The van der Waals surface area contributed by atoms with Crippen molar-refractivity contribution in [3.05, 3.63) is 0 Å². The summed E-state index contributed by atoms with van der Waals surface area (Å²) >= 11 is 0. The molecule has 6 heteroatoms. The smallest absolute Gasteiger partial charge is 0.317 e. The number of nitrogens with one attached hydrogen (secondary N) is 1. The number of carbonyl (C=O) groups is 2. The number of nitrogens with zero attached hydrogens (tertiary/aromatic N) is 1. The molecule has 1 fully saturated rings. The normalized spacial score (nSPS) is 16.0. The molecule has 1 aliphatic rings. The number of rotatable bonds is 9. The molecule has 0 aromatic heterocycles. The Bertz CT molecular complexity index is 315. The van der Waals surface area contributed by atoms with Crippen LogP contribution in [0.3, 0.4) is 0 Å². The highest BCUT2D eigenvalue weighted by Crippen LogP contribution is 2.20. The van der Waals surface area contributed by atoms with Gasteiger partial charge in [-0.15, -0.1) is 0 Å². The summed E-state index contributed by atoms with van der Waals surface area (Å²) in [6.45, 7) is 5.53. The first-order valence-corrected chi connectivity index (χ1v) is 7.95. The van der Waals surface area contributed by atoms with Crippen LogP contribution in [-0.2, 0) is 9.53 Å². The van der Waals surface area contributed by atoms with E-state index in [-0.39, 0.29) is 18.4 Å². The van der Waals surface area contributed by atoms with E-state index in [0.29, 0.717) is 26.2 Å². The van der Waals surface area contributed by atoms with Crippen molar-refractivity contribution in [3.63, 3.8) is 0 Å². The zero-order valence-electron chi connectivity index (χ0n) is 13.0. The van der Waals surface area contributed by atoms with E-state index in [1.54, 1.807) is 4.90 Å². The maximum absolute atomic E-state index is 11.9. The summed E-state index contributed by atoms with van der Waals surface area (Å²) < 4.78 is 5.43. The first-order valence-electron chi connectivity index (χ1n) is 7.95. The molecule has 0 radical (unpaired) electrons. The van der Waals surface area contributed by atoms with Crippen LogP contribution in [0, 0.1) is 5.92 Å². The molecule has 0 unspecified atom stereocenters. The molecule has 21 heavy (non-hydrogen) atoms. The van der Waals surface area contributed by atoms with Crippen LogP contribution in [0.5, 0.6) is 0 Å². The highest BCUT2D eigenvalue weighted by atomic mass is 16.5. The van der Waals surface area contributed by atoms with Crippen molar-refractivity contribution in [2.24, 2.45) is 5.92 Å². The van der Waals surface area contributed by atoms with Gasteiger partial charge in [-0.1, -0.05) is 13.3 Å². The fraction of sp³-hybridized carbons (Fsp3) is 0.867. The average Bonchev–Trinajstić information content (AvgIpc) is 2.46. The molecule has 0 saturated carbocycles. The predicted molar refractivity (Wildman–Crippen MR) is 80.3 cm³/mol. The summed E-state index contributed by atoms with van der Waals surface area (Å²) in [6.07, 6.45) is 4.81. The Balaban J connectivity index is 2.04. The van der Waals surface area contributed by atoms with Crippen molar-refractivity contribution in [1.29, 1.82) is 0 Å². The predicted octanol–water partition coefficient (Wildman–Crippen LogP) is 2.09. The molecule has 122 valence electrons. The SMILES string of the molecule is CCCCOCCCNC(=O)N1CCC(CC(=O)O)CC1. The van der Waals surface area contributed by atoms with E-state index in [1.165, 1.54) is 0 Å². The van der Waals surface area contributed by atoms with E-state index in [0.717, 1.165) is 38.7 Å². The van der Waals surface area contributed by atoms with Gasteiger partial charge in [0, 0.05) is 39.3 Å². The number of urea groups is 1. The zero-order chi connectivity index (χ0) is 15.5. The van der Waals surface area contributed by atoms with Crippen LogP contribution in [-0.4, -0.2) is 54.9 Å². The number of aliphatic carboxylic acids is 1. The van der Waals surface area contributed by atoms with Gasteiger partial charge in [0.2, 0.25) is 0 Å². The third-order valence-electron chi connectivity index (χ3n) is 3.75. The Morgan fingerprint density at radius 2 is 1.90 bits per heavy atom. The molecule has 0 atom stereocenters. The van der Waals surface area contributed by atoms with Crippen molar-refractivity contribution < 1.29 is 19.4 Å². The number of carboxylic acid groups (broad SMARTS) is 1. The number of likely N-dealkylation sites (tertiary alicyclic amines) is 1. The highest BCUT2D eigenvalue weighted by molar-refractivity contribution is 5.74. The first kappa shape index (κ1) is 17.8. The Morgan fingerprint density at radius 1 is 1.24 bits per heavy atom. The number of hydrogen-bond acceptors (Lipinski definition) is 3. The van der Waals surface area contributed by atoms with E-state index in [9.17, 15) is 9.59 Å². The van der Waals surface area contributed by atoms with E-state index in [1.807, 2.05) is 0 Å². The van der Waals surface area contributed by atoms with E-state index < -0.39 is 5.97 Å².